The van der Waals surface area contributed by atoms with E-state index in [0.717, 1.165) is 40.6 Å². The molecule has 1 fully saturated rings. The summed E-state index contributed by atoms with van der Waals surface area (Å²) in [5, 5.41) is 3.93. The molecular formula is C23H22N4O2. The number of aryl methyl sites for hydroxylation is 1. The number of H-pyrrole nitrogens is 1. The second-order valence-electron chi connectivity index (χ2n) is 7.77. The van der Waals surface area contributed by atoms with Crippen LogP contribution in [0.15, 0.2) is 53.5 Å². The summed E-state index contributed by atoms with van der Waals surface area (Å²) in [7, 11) is 0. The Balaban J connectivity index is 1.34. The zero-order valence-corrected chi connectivity index (χ0v) is 16.2. The number of imidazole rings is 1. The first kappa shape index (κ1) is 17.7. The number of amides is 1. The molecule has 0 spiro atoms. The van der Waals surface area contributed by atoms with Gasteiger partial charge in [0, 0.05) is 29.7 Å². The SMILES string of the molecule is Cc1ccc2[nH]c(=O)c(CCNC(=O)c3nc(C4CC4)n4ccccc34)cc2c1. The summed E-state index contributed by atoms with van der Waals surface area (Å²) in [5.41, 5.74) is 3.80. The largest absolute Gasteiger partial charge is 0.350 e. The number of nitrogens with zero attached hydrogens (tertiary/aromatic N) is 2. The third-order valence-corrected chi connectivity index (χ3v) is 5.49. The van der Waals surface area contributed by atoms with Crippen LogP contribution < -0.4 is 10.9 Å². The lowest BCUT2D eigenvalue weighted by atomic mass is 10.1. The predicted molar refractivity (Wildman–Crippen MR) is 113 cm³/mol. The van der Waals surface area contributed by atoms with Gasteiger partial charge in [0.2, 0.25) is 0 Å². The van der Waals surface area contributed by atoms with Gasteiger partial charge in [0.25, 0.3) is 11.5 Å². The average molecular weight is 386 g/mol. The second-order valence-corrected chi connectivity index (χ2v) is 7.77. The van der Waals surface area contributed by atoms with Crippen molar-refractivity contribution in [1.82, 2.24) is 19.7 Å². The van der Waals surface area contributed by atoms with Crippen LogP contribution in [0.4, 0.5) is 0 Å². The van der Waals surface area contributed by atoms with Crippen molar-refractivity contribution in [1.29, 1.82) is 0 Å². The third kappa shape index (κ3) is 3.31. The van der Waals surface area contributed by atoms with Gasteiger partial charge in [-0.2, -0.15) is 0 Å². The summed E-state index contributed by atoms with van der Waals surface area (Å²) in [6.45, 7) is 2.40. The maximum absolute atomic E-state index is 12.8. The van der Waals surface area contributed by atoms with Crippen LogP contribution in [0.1, 0.15) is 46.2 Å². The van der Waals surface area contributed by atoms with E-state index in [1.807, 2.05) is 60.0 Å². The number of aromatic amines is 1. The highest BCUT2D eigenvalue weighted by Gasteiger charge is 2.30. The van der Waals surface area contributed by atoms with Crippen LogP contribution in [0.5, 0.6) is 0 Å². The van der Waals surface area contributed by atoms with E-state index in [1.165, 1.54) is 0 Å². The number of aromatic nitrogens is 3. The molecule has 5 rings (SSSR count). The minimum absolute atomic E-state index is 0.112. The van der Waals surface area contributed by atoms with Crippen LogP contribution in [-0.2, 0) is 6.42 Å². The predicted octanol–water partition coefficient (Wildman–Crippen LogP) is 3.33. The number of carbonyl (C=O) groups is 1. The molecule has 146 valence electrons. The van der Waals surface area contributed by atoms with Crippen LogP contribution in [-0.4, -0.2) is 26.8 Å². The van der Waals surface area contributed by atoms with Crippen molar-refractivity contribution < 1.29 is 4.79 Å². The lowest BCUT2D eigenvalue weighted by Gasteiger charge is -2.06. The van der Waals surface area contributed by atoms with E-state index in [2.05, 4.69) is 15.3 Å². The fourth-order valence-electron chi connectivity index (χ4n) is 3.81. The Bertz CT molecular complexity index is 1300. The highest BCUT2D eigenvalue weighted by atomic mass is 16.2. The number of hydrogen-bond donors (Lipinski definition) is 2. The summed E-state index contributed by atoms with van der Waals surface area (Å²) in [5.74, 6) is 1.21. The van der Waals surface area contributed by atoms with E-state index in [9.17, 15) is 9.59 Å². The molecule has 1 aliphatic rings. The normalized spacial score (nSPS) is 13.8. The number of nitrogens with one attached hydrogen (secondary N) is 2. The summed E-state index contributed by atoms with van der Waals surface area (Å²) in [4.78, 5) is 32.7. The first-order chi connectivity index (χ1) is 14.1. The molecule has 0 radical (unpaired) electrons. The fourth-order valence-corrected chi connectivity index (χ4v) is 3.81. The number of rotatable bonds is 5. The molecular weight excluding hydrogens is 364 g/mol. The van der Waals surface area contributed by atoms with Crippen molar-refractivity contribution in [3.63, 3.8) is 0 Å². The van der Waals surface area contributed by atoms with Crippen molar-refractivity contribution in [2.75, 3.05) is 6.54 Å². The summed E-state index contributed by atoms with van der Waals surface area (Å²) in [6.07, 6.45) is 4.67. The van der Waals surface area contributed by atoms with Crippen LogP contribution in [0, 0.1) is 6.92 Å². The number of fused-ring (bicyclic) bond motifs is 2. The zero-order chi connectivity index (χ0) is 20.0. The summed E-state index contributed by atoms with van der Waals surface area (Å²) >= 11 is 0. The van der Waals surface area contributed by atoms with Gasteiger partial charge in [0.15, 0.2) is 5.69 Å². The van der Waals surface area contributed by atoms with Gasteiger partial charge in [0.1, 0.15) is 5.82 Å². The molecule has 6 heteroatoms. The Morgan fingerprint density at radius 3 is 2.93 bits per heavy atom. The quantitative estimate of drug-likeness (QED) is 0.552. The van der Waals surface area contributed by atoms with Crippen molar-refractivity contribution in [2.45, 2.75) is 32.1 Å². The molecule has 0 aliphatic heterocycles. The molecule has 3 heterocycles. The van der Waals surface area contributed by atoms with E-state index in [-0.39, 0.29) is 11.5 Å². The van der Waals surface area contributed by atoms with Crippen LogP contribution in [0.2, 0.25) is 0 Å². The van der Waals surface area contributed by atoms with Crippen LogP contribution >= 0.6 is 0 Å². The summed E-state index contributed by atoms with van der Waals surface area (Å²) < 4.78 is 2.02. The van der Waals surface area contributed by atoms with Crippen molar-refractivity contribution in [3.8, 4) is 0 Å². The van der Waals surface area contributed by atoms with Gasteiger partial charge in [-0.15, -0.1) is 0 Å². The smallest absolute Gasteiger partial charge is 0.272 e. The number of carbonyl (C=O) groups excluding carboxylic acids is 1. The third-order valence-electron chi connectivity index (χ3n) is 5.49. The zero-order valence-electron chi connectivity index (χ0n) is 16.2. The van der Waals surface area contributed by atoms with Crippen LogP contribution in [0.25, 0.3) is 16.4 Å². The lowest BCUT2D eigenvalue weighted by molar-refractivity contribution is 0.0951. The van der Waals surface area contributed by atoms with Crippen molar-refractivity contribution in [2.24, 2.45) is 0 Å². The molecule has 0 saturated heterocycles. The Hall–Kier alpha value is -3.41. The highest BCUT2D eigenvalue weighted by molar-refractivity contribution is 5.99. The number of benzene rings is 1. The lowest BCUT2D eigenvalue weighted by Crippen LogP contribution is -2.28. The van der Waals surface area contributed by atoms with E-state index in [0.29, 0.717) is 30.1 Å². The van der Waals surface area contributed by atoms with Crippen molar-refractivity contribution >= 4 is 22.3 Å². The van der Waals surface area contributed by atoms with Gasteiger partial charge >= 0.3 is 0 Å². The number of pyridine rings is 2. The molecule has 4 aromatic rings. The first-order valence-corrected chi connectivity index (χ1v) is 9.98. The van der Waals surface area contributed by atoms with Crippen molar-refractivity contribution in [3.05, 3.63) is 81.7 Å². The molecule has 1 saturated carbocycles. The molecule has 29 heavy (non-hydrogen) atoms. The minimum atomic E-state index is -0.200. The highest BCUT2D eigenvalue weighted by Crippen LogP contribution is 2.39. The average Bonchev–Trinajstić information content (AvgIpc) is 3.48. The molecule has 2 N–H and O–H groups in total. The molecule has 1 aromatic carbocycles. The molecule has 0 atom stereocenters. The maximum atomic E-state index is 12.8. The van der Waals surface area contributed by atoms with E-state index in [1.54, 1.807) is 0 Å². The monoisotopic (exact) mass is 386 g/mol. The van der Waals surface area contributed by atoms with Gasteiger partial charge in [-0.3, -0.25) is 9.59 Å². The van der Waals surface area contributed by atoms with Gasteiger partial charge in [0.05, 0.1) is 5.52 Å². The minimum Gasteiger partial charge on any atom is -0.350 e. The Labute approximate surface area is 167 Å². The Kier molecular flexibility index (Phi) is 4.19. The molecule has 0 bridgehead atoms. The van der Waals surface area contributed by atoms with Gasteiger partial charge in [-0.25, -0.2) is 4.98 Å². The standard InChI is InChI=1S/C23H22N4O2/c1-14-5-8-18-17(12-14)13-16(22(28)25-18)9-10-24-23(29)20-19-4-2-3-11-27(19)21(26-20)15-6-7-15/h2-5,8,11-13,15H,6-7,9-10H2,1H3,(H,24,29)(H,25,28). The Morgan fingerprint density at radius 1 is 1.24 bits per heavy atom. The van der Waals surface area contributed by atoms with E-state index < -0.39 is 0 Å². The second kappa shape index (κ2) is 6.88. The first-order valence-electron chi connectivity index (χ1n) is 9.98. The maximum Gasteiger partial charge on any atom is 0.272 e. The molecule has 3 aromatic heterocycles. The van der Waals surface area contributed by atoms with E-state index in [4.69, 9.17) is 0 Å². The molecule has 1 amide bonds. The number of hydrogen-bond acceptors (Lipinski definition) is 3. The van der Waals surface area contributed by atoms with Crippen LogP contribution in [0.3, 0.4) is 0 Å². The van der Waals surface area contributed by atoms with E-state index >= 15 is 0 Å². The Morgan fingerprint density at radius 2 is 2.10 bits per heavy atom. The van der Waals surface area contributed by atoms with Gasteiger partial charge in [-0.1, -0.05) is 17.7 Å². The topological polar surface area (TPSA) is 79.3 Å². The van der Waals surface area contributed by atoms with Gasteiger partial charge < -0.3 is 14.7 Å². The fraction of sp³-hybridized carbons (Fsp3) is 0.261. The molecule has 0 unspecified atom stereocenters. The molecule has 1 aliphatic carbocycles. The summed E-state index contributed by atoms with van der Waals surface area (Å²) in [6, 6.07) is 13.6. The molecule has 6 nitrogen and oxygen atoms in total. The van der Waals surface area contributed by atoms with Gasteiger partial charge in [-0.05, 0) is 61.9 Å².